The van der Waals surface area contributed by atoms with Crippen molar-refractivity contribution in [1.82, 2.24) is 15.0 Å². The van der Waals surface area contributed by atoms with Crippen LogP contribution >= 0.6 is 11.6 Å². The molecule has 1 amide bonds. The van der Waals surface area contributed by atoms with E-state index in [1.165, 1.54) is 6.20 Å². The van der Waals surface area contributed by atoms with Crippen LogP contribution in [-0.4, -0.2) is 20.9 Å². The van der Waals surface area contributed by atoms with Crippen LogP contribution in [0, 0.1) is 6.92 Å². The first-order chi connectivity index (χ1) is 13.1. The van der Waals surface area contributed by atoms with E-state index in [-0.39, 0.29) is 5.91 Å². The van der Waals surface area contributed by atoms with Gasteiger partial charge in [-0.05, 0) is 42.3 Å². The van der Waals surface area contributed by atoms with Gasteiger partial charge in [0.1, 0.15) is 5.02 Å². The molecule has 2 aromatic heterocycles. The summed E-state index contributed by atoms with van der Waals surface area (Å²) in [6, 6.07) is 9.61. The fraction of sp³-hybridized carbons (Fsp3) is 0.158. The molecule has 0 saturated carbocycles. The van der Waals surface area contributed by atoms with Crippen molar-refractivity contribution in [3.63, 3.8) is 0 Å². The molecule has 0 atom stereocenters. The molecule has 0 aliphatic carbocycles. The molecule has 8 heteroatoms. The lowest BCUT2D eigenvalue weighted by Crippen LogP contribution is -2.06. The highest BCUT2D eigenvalue weighted by atomic mass is 35.5. The molecule has 0 fully saturated rings. The lowest BCUT2D eigenvalue weighted by Gasteiger charge is -2.11. The van der Waals surface area contributed by atoms with Gasteiger partial charge in [-0.3, -0.25) is 9.78 Å². The van der Waals surface area contributed by atoms with Gasteiger partial charge in [0.25, 0.3) is 0 Å². The van der Waals surface area contributed by atoms with Crippen LogP contribution < -0.4 is 16.0 Å². The van der Waals surface area contributed by atoms with Gasteiger partial charge in [0.15, 0.2) is 5.82 Å². The summed E-state index contributed by atoms with van der Waals surface area (Å²) in [5.41, 5.74) is 4.61. The Bertz CT molecular complexity index is 1020. The average molecular weight is 381 g/mol. The Morgan fingerprint density at radius 3 is 2.96 bits per heavy atom. The number of fused-ring (bicyclic) bond motifs is 1. The molecule has 1 aliphatic heterocycles. The first-order valence-electron chi connectivity index (χ1n) is 8.44. The predicted octanol–water partition coefficient (Wildman–Crippen LogP) is 3.68. The quantitative estimate of drug-likeness (QED) is 0.625. The summed E-state index contributed by atoms with van der Waals surface area (Å²) in [7, 11) is 0. The molecule has 3 heterocycles. The van der Waals surface area contributed by atoms with Gasteiger partial charge in [-0.2, -0.15) is 4.98 Å². The Hall–Kier alpha value is -3.19. The standard InChI is InChI=1S/C19H17ClN6O/c1-11-4-5-21-14(6-11)9-22-18-15(20)10-23-19(26-18)24-13-3-2-12-7-17(27)25-16(12)8-13/h2-6,8,10H,7,9H2,1H3,(H,25,27)(H2,22,23,24,26). The molecule has 0 spiro atoms. The van der Waals surface area contributed by atoms with Crippen LogP contribution in [0.4, 0.5) is 23.1 Å². The van der Waals surface area contributed by atoms with Gasteiger partial charge in [-0.15, -0.1) is 0 Å². The smallest absolute Gasteiger partial charge is 0.229 e. The number of pyridine rings is 1. The summed E-state index contributed by atoms with van der Waals surface area (Å²) in [4.78, 5) is 24.4. The highest BCUT2D eigenvalue weighted by Gasteiger charge is 2.17. The molecule has 0 unspecified atom stereocenters. The van der Waals surface area contributed by atoms with Crippen molar-refractivity contribution in [3.8, 4) is 0 Å². The minimum absolute atomic E-state index is 0.00105. The number of nitrogens with one attached hydrogen (secondary N) is 3. The summed E-state index contributed by atoms with van der Waals surface area (Å²) in [5, 5.41) is 9.58. The highest BCUT2D eigenvalue weighted by Crippen LogP contribution is 2.28. The lowest BCUT2D eigenvalue weighted by molar-refractivity contribution is -0.115. The van der Waals surface area contributed by atoms with Crippen LogP contribution in [0.2, 0.25) is 5.02 Å². The van der Waals surface area contributed by atoms with Crippen molar-refractivity contribution < 1.29 is 4.79 Å². The van der Waals surface area contributed by atoms with E-state index in [1.807, 2.05) is 37.3 Å². The average Bonchev–Trinajstić information content (AvgIpc) is 3.01. The Morgan fingerprint density at radius 1 is 1.22 bits per heavy atom. The maximum Gasteiger partial charge on any atom is 0.229 e. The number of benzene rings is 1. The third kappa shape index (κ3) is 3.98. The summed E-state index contributed by atoms with van der Waals surface area (Å²) in [6.07, 6.45) is 3.72. The third-order valence-electron chi connectivity index (χ3n) is 4.14. The van der Waals surface area contributed by atoms with E-state index in [9.17, 15) is 4.79 Å². The van der Waals surface area contributed by atoms with Crippen molar-refractivity contribution in [2.75, 3.05) is 16.0 Å². The van der Waals surface area contributed by atoms with Gasteiger partial charge >= 0.3 is 0 Å². The number of hydrogen-bond donors (Lipinski definition) is 3. The third-order valence-corrected chi connectivity index (χ3v) is 4.42. The topological polar surface area (TPSA) is 91.8 Å². The number of halogens is 1. The Labute approximate surface area is 161 Å². The number of hydrogen-bond acceptors (Lipinski definition) is 6. The number of carbonyl (C=O) groups is 1. The molecular formula is C19H17ClN6O. The van der Waals surface area contributed by atoms with E-state index in [2.05, 4.69) is 30.9 Å². The second-order valence-electron chi connectivity index (χ2n) is 6.29. The molecule has 27 heavy (non-hydrogen) atoms. The normalized spacial score (nSPS) is 12.4. The number of carbonyl (C=O) groups excluding carboxylic acids is 1. The molecule has 4 rings (SSSR count). The van der Waals surface area contributed by atoms with Crippen LogP contribution in [0.25, 0.3) is 0 Å². The number of aryl methyl sites for hydroxylation is 1. The zero-order valence-corrected chi connectivity index (χ0v) is 15.3. The molecule has 136 valence electrons. The van der Waals surface area contributed by atoms with Crippen LogP contribution in [-0.2, 0) is 17.8 Å². The molecule has 0 saturated heterocycles. The molecule has 1 aliphatic rings. The summed E-state index contributed by atoms with van der Waals surface area (Å²) in [6.45, 7) is 2.52. The first-order valence-corrected chi connectivity index (χ1v) is 8.82. The zero-order chi connectivity index (χ0) is 18.8. The minimum atomic E-state index is 0.00105. The van der Waals surface area contributed by atoms with Gasteiger partial charge < -0.3 is 16.0 Å². The molecule has 3 N–H and O–H groups in total. The summed E-state index contributed by atoms with van der Waals surface area (Å²) in [5.74, 6) is 0.927. The molecule has 0 radical (unpaired) electrons. The molecule has 7 nitrogen and oxygen atoms in total. The Kier molecular flexibility index (Phi) is 4.60. The van der Waals surface area contributed by atoms with Crippen molar-refractivity contribution in [1.29, 1.82) is 0 Å². The Balaban J connectivity index is 1.49. The van der Waals surface area contributed by atoms with E-state index in [4.69, 9.17) is 11.6 Å². The summed E-state index contributed by atoms with van der Waals surface area (Å²) < 4.78 is 0. The largest absolute Gasteiger partial charge is 0.363 e. The molecule has 3 aromatic rings. The van der Waals surface area contributed by atoms with Gasteiger partial charge in [-0.25, -0.2) is 4.98 Å². The second kappa shape index (κ2) is 7.20. The van der Waals surface area contributed by atoms with E-state index >= 15 is 0 Å². The van der Waals surface area contributed by atoms with Gasteiger partial charge in [-0.1, -0.05) is 17.7 Å². The number of rotatable bonds is 5. The van der Waals surface area contributed by atoms with E-state index in [0.29, 0.717) is 29.8 Å². The minimum Gasteiger partial charge on any atom is -0.363 e. The zero-order valence-electron chi connectivity index (χ0n) is 14.6. The maximum absolute atomic E-state index is 11.5. The van der Waals surface area contributed by atoms with Crippen LogP contribution in [0.1, 0.15) is 16.8 Å². The number of nitrogens with zero attached hydrogens (tertiary/aromatic N) is 3. The van der Waals surface area contributed by atoms with Crippen LogP contribution in [0.5, 0.6) is 0 Å². The van der Waals surface area contributed by atoms with Crippen molar-refractivity contribution in [3.05, 3.63) is 64.6 Å². The van der Waals surface area contributed by atoms with E-state index < -0.39 is 0 Å². The van der Waals surface area contributed by atoms with Gasteiger partial charge in [0, 0.05) is 17.6 Å². The number of anilines is 4. The number of amides is 1. The molecule has 0 bridgehead atoms. The van der Waals surface area contributed by atoms with E-state index in [0.717, 1.165) is 28.2 Å². The van der Waals surface area contributed by atoms with E-state index in [1.54, 1.807) is 6.20 Å². The predicted molar refractivity (Wildman–Crippen MR) is 105 cm³/mol. The monoisotopic (exact) mass is 380 g/mol. The van der Waals surface area contributed by atoms with Crippen molar-refractivity contribution in [2.45, 2.75) is 19.9 Å². The first kappa shape index (κ1) is 17.2. The van der Waals surface area contributed by atoms with Gasteiger partial charge in [0.05, 0.1) is 24.9 Å². The van der Waals surface area contributed by atoms with Crippen molar-refractivity contribution in [2.24, 2.45) is 0 Å². The SMILES string of the molecule is Cc1ccnc(CNc2nc(Nc3ccc4c(c3)NC(=O)C4)ncc2Cl)c1. The lowest BCUT2D eigenvalue weighted by atomic mass is 10.1. The van der Waals surface area contributed by atoms with Gasteiger partial charge in [0.2, 0.25) is 11.9 Å². The number of aromatic nitrogens is 3. The fourth-order valence-electron chi connectivity index (χ4n) is 2.84. The highest BCUT2D eigenvalue weighted by molar-refractivity contribution is 6.32. The molecular weight excluding hydrogens is 364 g/mol. The second-order valence-corrected chi connectivity index (χ2v) is 6.70. The fourth-order valence-corrected chi connectivity index (χ4v) is 3.00. The Morgan fingerprint density at radius 2 is 2.11 bits per heavy atom. The summed E-state index contributed by atoms with van der Waals surface area (Å²) >= 11 is 6.21. The van der Waals surface area contributed by atoms with Crippen LogP contribution in [0.3, 0.4) is 0 Å². The van der Waals surface area contributed by atoms with Crippen LogP contribution in [0.15, 0.2) is 42.7 Å². The molecule has 1 aromatic carbocycles. The van der Waals surface area contributed by atoms with Crippen molar-refractivity contribution >= 4 is 40.6 Å². The maximum atomic E-state index is 11.5.